The second-order valence-corrected chi connectivity index (χ2v) is 12.8. The van der Waals surface area contributed by atoms with Crippen LogP contribution in [0.5, 0.6) is 0 Å². The molecular formula is C24H43BN2O5. The summed E-state index contributed by atoms with van der Waals surface area (Å²) in [5, 5.41) is 5.80. The first kappa shape index (κ1) is 25.3. The Morgan fingerprint density at radius 1 is 1.12 bits per heavy atom. The highest BCUT2D eigenvalue weighted by Crippen LogP contribution is 2.65. The smallest absolute Gasteiger partial charge is 0.444 e. The van der Waals surface area contributed by atoms with Crippen molar-refractivity contribution in [1.82, 2.24) is 10.6 Å². The van der Waals surface area contributed by atoms with E-state index in [1.165, 1.54) is 6.42 Å². The Labute approximate surface area is 194 Å². The predicted octanol–water partition coefficient (Wildman–Crippen LogP) is 4.09. The molecule has 4 aliphatic rings. The van der Waals surface area contributed by atoms with Gasteiger partial charge in [0.25, 0.3) is 0 Å². The first-order valence-electron chi connectivity index (χ1n) is 12.1. The SMILES string of the molecule is CC(C)C[C@H](NC(=O)C(C)(C)NC(=O)OC(C)(C)C)B1O[C@@H]2C[C@@H]3C[C@@H](C3(C)C)[C@]2(C)O1. The van der Waals surface area contributed by atoms with Crippen molar-refractivity contribution in [3.63, 3.8) is 0 Å². The zero-order valence-electron chi connectivity index (χ0n) is 21.6. The van der Waals surface area contributed by atoms with E-state index in [1.807, 2.05) is 0 Å². The molecule has 3 saturated carbocycles. The van der Waals surface area contributed by atoms with E-state index in [-0.39, 0.29) is 29.0 Å². The van der Waals surface area contributed by atoms with Crippen molar-refractivity contribution in [3.05, 3.63) is 0 Å². The van der Waals surface area contributed by atoms with Gasteiger partial charge in [0.05, 0.1) is 17.6 Å². The number of rotatable bonds is 6. The molecule has 0 unspecified atom stereocenters. The van der Waals surface area contributed by atoms with E-state index in [2.05, 4.69) is 45.3 Å². The van der Waals surface area contributed by atoms with Crippen LogP contribution in [0.4, 0.5) is 4.79 Å². The topological polar surface area (TPSA) is 85.9 Å². The molecule has 2 bridgehead atoms. The highest BCUT2D eigenvalue weighted by molar-refractivity contribution is 6.48. The van der Waals surface area contributed by atoms with Crippen molar-refractivity contribution in [2.24, 2.45) is 23.2 Å². The van der Waals surface area contributed by atoms with Crippen molar-refractivity contribution in [1.29, 1.82) is 0 Å². The number of nitrogens with one attached hydrogen (secondary N) is 2. The number of alkyl carbamates (subject to hydrolysis) is 1. The van der Waals surface area contributed by atoms with E-state index in [9.17, 15) is 9.59 Å². The maximum absolute atomic E-state index is 13.2. The van der Waals surface area contributed by atoms with E-state index >= 15 is 0 Å². The summed E-state index contributed by atoms with van der Waals surface area (Å²) in [6.45, 7) is 19.8. The van der Waals surface area contributed by atoms with Gasteiger partial charge in [-0.1, -0.05) is 27.7 Å². The summed E-state index contributed by atoms with van der Waals surface area (Å²) < 4.78 is 18.4. The van der Waals surface area contributed by atoms with Gasteiger partial charge in [0.1, 0.15) is 11.1 Å². The van der Waals surface area contributed by atoms with Gasteiger partial charge in [0.2, 0.25) is 5.91 Å². The Kier molecular flexibility index (Phi) is 6.49. The predicted molar refractivity (Wildman–Crippen MR) is 125 cm³/mol. The van der Waals surface area contributed by atoms with Gasteiger partial charge in [-0.2, -0.15) is 0 Å². The summed E-state index contributed by atoms with van der Waals surface area (Å²) in [5.74, 6) is 0.887. The maximum atomic E-state index is 13.2. The van der Waals surface area contributed by atoms with Gasteiger partial charge >= 0.3 is 13.2 Å². The quantitative estimate of drug-likeness (QED) is 0.596. The molecule has 2 N–H and O–H groups in total. The fraction of sp³-hybridized carbons (Fsp3) is 0.917. The molecule has 4 fully saturated rings. The first-order valence-corrected chi connectivity index (χ1v) is 12.1. The lowest BCUT2D eigenvalue weighted by atomic mass is 9.43. The molecule has 4 rings (SSSR count). The minimum atomic E-state index is -1.14. The lowest BCUT2D eigenvalue weighted by molar-refractivity contribution is -0.199. The van der Waals surface area contributed by atoms with E-state index in [4.69, 9.17) is 14.0 Å². The zero-order chi connectivity index (χ0) is 24.3. The van der Waals surface area contributed by atoms with Crippen molar-refractivity contribution < 1.29 is 23.6 Å². The molecule has 0 aromatic heterocycles. The normalized spacial score (nSPS) is 32.1. The molecule has 0 aromatic carbocycles. The number of carbonyl (C=O) groups excluding carboxylic acids is 2. The van der Waals surface area contributed by atoms with Gasteiger partial charge in [-0.25, -0.2) is 4.79 Å². The van der Waals surface area contributed by atoms with Crippen molar-refractivity contribution in [2.75, 3.05) is 0 Å². The highest BCUT2D eigenvalue weighted by atomic mass is 16.7. The third kappa shape index (κ3) is 4.81. The number of hydrogen-bond acceptors (Lipinski definition) is 5. The van der Waals surface area contributed by atoms with Gasteiger partial charge in [-0.3, -0.25) is 4.79 Å². The summed E-state index contributed by atoms with van der Waals surface area (Å²) in [4.78, 5) is 25.4. The molecule has 7 nitrogen and oxygen atoms in total. The largest absolute Gasteiger partial charge is 0.481 e. The van der Waals surface area contributed by atoms with Gasteiger partial charge in [-0.15, -0.1) is 0 Å². The Bertz CT molecular complexity index is 747. The van der Waals surface area contributed by atoms with Crippen LogP contribution < -0.4 is 10.6 Å². The van der Waals surface area contributed by atoms with Crippen molar-refractivity contribution in [2.45, 2.75) is 117 Å². The molecule has 1 heterocycles. The standard InChI is InChI=1S/C24H43BN2O5/c1-14(2)11-18(26-19(28)23(8,9)27-20(29)30-21(3,4)5)25-31-17-13-15-12-16(22(15,6)7)24(17,10)32-25/h14-18H,11-13H2,1-10H3,(H,26,28)(H,27,29)/t15-,16-,17+,18-,24-/m0/s1. The highest BCUT2D eigenvalue weighted by Gasteiger charge is 2.68. The molecule has 0 radical (unpaired) electrons. The average Bonchev–Trinajstić information content (AvgIpc) is 2.95. The Balaban J connectivity index is 1.69. The summed E-state index contributed by atoms with van der Waals surface area (Å²) in [6, 6.07) is 0. The van der Waals surface area contributed by atoms with Gasteiger partial charge in [0, 0.05) is 0 Å². The Hall–Kier alpha value is -1.28. The second-order valence-electron chi connectivity index (χ2n) is 12.8. The fourth-order valence-corrected chi connectivity index (χ4v) is 5.78. The minimum Gasteiger partial charge on any atom is -0.444 e. The first-order chi connectivity index (χ1) is 14.5. The van der Waals surface area contributed by atoms with Crippen LogP contribution in [0.25, 0.3) is 0 Å². The van der Waals surface area contributed by atoms with Crippen LogP contribution in [0.3, 0.4) is 0 Å². The lowest BCUT2D eigenvalue weighted by Gasteiger charge is -2.64. The maximum Gasteiger partial charge on any atom is 0.481 e. The van der Waals surface area contributed by atoms with Crippen LogP contribution >= 0.6 is 0 Å². The lowest BCUT2D eigenvalue weighted by Crippen LogP contribution is -2.65. The Morgan fingerprint density at radius 3 is 2.28 bits per heavy atom. The van der Waals surface area contributed by atoms with E-state index in [0.717, 1.165) is 12.8 Å². The van der Waals surface area contributed by atoms with Crippen LogP contribution in [-0.4, -0.2) is 47.9 Å². The van der Waals surface area contributed by atoms with Crippen molar-refractivity contribution in [3.8, 4) is 0 Å². The van der Waals surface area contributed by atoms with E-state index in [0.29, 0.717) is 17.8 Å². The van der Waals surface area contributed by atoms with Crippen LogP contribution in [-0.2, 0) is 18.8 Å². The molecule has 0 spiro atoms. The van der Waals surface area contributed by atoms with Crippen LogP contribution in [0, 0.1) is 23.2 Å². The molecule has 2 amide bonds. The summed E-state index contributed by atoms with van der Waals surface area (Å²) in [6.07, 6.45) is 2.35. The van der Waals surface area contributed by atoms with Gasteiger partial charge < -0.3 is 24.7 Å². The number of ether oxygens (including phenoxy) is 1. The Morgan fingerprint density at radius 2 is 1.75 bits per heavy atom. The van der Waals surface area contributed by atoms with Crippen LogP contribution in [0.1, 0.15) is 88.5 Å². The van der Waals surface area contributed by atoms with Crippen LogP contribution in [0.2, 0.25) is 0 Å². The third-order valence-electron chi connectivity index (χ3n) is 7.72. The van der Waals surface area contributed by atoms with Gasteiger partial charge in [-0.05, 0) is 84.0 Å². The molecule has 0 aromatic rings. The molecule has 32 heavy (non-hydrogen) atoms. The van der Waals surface area contributed by atoms with Crippen LogP contribution in [0.15, 0.2) is 0 Å². The molecule has 3 aliphatic carbocycles. The number of hydrogen-bond donors (Lipinski definition) is 2. The number of amides is 2. The minimum absolute atomic E-state index is 0.0590. The van der Waals surface area contributed by atoms with E-state index in [1.54, 1.807) is 34.6 Å². The molecule has 1 saturated heterocycles. The average molecular weight is 450 g/mol. The summed E-state index contributed by atoms with van der Waals surface area (Å²) in [5.41, 5.74) is -1.84. The van der Waals surface area contributed by atoms with Crippen molar-refractivity contribution >= 4 is 19.1 Å². The summed E-state index contributed by atoms with van der Waals surface area (Å²) >= 11 is 0. The van der Waals surface area contributed by atoms with Gasteiger partial charge in [0.15, 0.2) is 0 Å². The third-order valence-corrected chi connectivity index (χ3v) is 7.72. The molecule has 5 atom stereocenters. The molecular weight excluding hydrogens is 407 g/mol. The second kappa shape index (κ2) is 8.19. The monoisotopic (exact) mass is 450 g/mol. The van der Waals surface area contributed by atoms with E-state index < -0.39 is 24.4 Å². The molecule has 182 valence electrons. The number of carbonyl (C=O) groups is 2. The zero-order valence-corrected chi connectivity index (χ0v) is 21.6. The molecule has 1 aliphatic heterocycles. The molecule has 8 heteroatoms. The summed E-state index contributed by atoms with van der Waals surface area (Å²) in [7, 11) is -0.496. The fourth-order valence-electron chi connectivity index (χ4n) is 5.78.